The van der Waals surface area contributed by atoms with Crippen molar-refractivity contribution in [2.45, 2.75) is 12.8 Å². The fraction of sp³-hybridized carbons (Fsp3) is 0.154. The molecule has 0 radical (unpaired) electrons. The van der Waals surface area contributed by atoms with Crippen LogP contribution in [0.4, 0.5) is 5.69 Å². The molecule has 0 aliphatic rings. The molecule has 0 unspecified atom stereocenters. The van der Waals surface area contributed by atoms with Crippen LogP contribution in [0.3, 0.4) is 0 Å². The van der Waals surface area contributed by atoms with Gasteiger partial charge in [-0.3, -0.25) is 4.79 Å². The zero-order chi connectivity index (χ0) is 13.0. The van der Waals surface area contributed by atoms with Crippen LogP contribution >= 0.6 is 27.5 Å². The maximum atomic E-state index is 11.8. The lowest BCUT2D eigenvalue weighted by Gasteiger charge is -2.07. The second kappa shape index (κ2) is 6.07. The minimum absolute atomic E-state index is 0.0747. The molecule has 0 spiro atoms. The normalized spacial score (nSPS) is 10.3. The average Bonchev–Trinajstić information content (AvgIpc) is 2.86. The number of nitrogens with one attached hydrogen (secondary N) is 1. The molecule has 1 amide bonds. The van der Waals surface area contributed by atoms with Crippen LogP contribution in [0.2, 0.25) is 5.02 Å². The molecule has 0 bridgehead atoms. The van der Waals surface area contributed by atoms with Gasteiger partial charge in [0.2, 0.25) is 5.91 Å². The first-order valence-electron chi connectivity index (χ1n) is 5.43. The van der Waals surface area contributed by atoms with Crippen LogP contribution < -0.4 is 5.32 Å². The number of halogens is 2. The highest BCUT2D eigenvalue weighted by Crippen LogP contribution is 2.30. The monoisotopic (exact) mass is 327 g/mol. The first-order valence-corrected chi connectivity index (χ1v) is 6.60. The van der Waals surface area contributed by atoms with E-state index in [4.69, 9.17) is 16.0 Å². The molecule has 1 aromatic carbocycles. The number of carbonyl (C=O) groups excluding carboxylic acids is 1. The number of amides is 1. The van der Waals surface area contributed by atoms with Gasteiger partial charge in [0.05, 0.1) is 21.4 Å². The van der Waals surface area contributed by atoms with E-state index in [2.05, 4.69) is 21.2 Å². The number of hydrogen-bond acceptors (Lipinski definition) is 2. The molecule has 1 heterocycles. The first-order chi connectivity index (χ1) is 8.66. The van der Waals surface area contributed by atoms with E-state index in [-0.39, 0.29) is 5.91 Å². The van der Waals surface area contributed by atoms with Gasteiger partial charge in [0, 0.05) is 12.8 Å². The Hall–Kier alpha value is -1.26. The number of rotatable bonds is 4. The quantitative estimate of drug-likeness (QED) is 0.911. The number of furan rings is 1. The van der Waals surface area contributed by atoms with Gasteiger partial charge in [-0.05, 0) is 40.2 Å². The topological polar surface area (TPSA) is 42.2 Å². The smallest absolute Gasteiger partial charge is 0.224 e. The zero-order valence-corrected chi connectivity index (χ0v) is 11.8. The highest BCUT2D eigenvalue weighted by Gasteiger charge is 2.08. The van der Waals surface area contributed by atoms with Gasteiger partial charge >= 0.3 is 0 Å². The molecule has 2 rings (SSSR count). The van der Waals surface area contributed by atoms with Crippen molar-refractivity contribution in [3.05, 3.63) is 51.9 Å². The van der Waals surface area contributed by atoms with Crippen molar-refractivity contribution in [1.82, 2.24) is 0 Å². The van der Waals surface area contributed by atoms with E-state index in [1.54, 1.807) is 30.5 Å². The summed E-state index contributed by atoms with van der Waals surface area (Å²) in [6, 6.07) is 8.99. The van der Waals surface area contributed by atoms with Gasteiger partial charge in [0.15, 0.2) is 0 Å². The van der Waals surface area contributed by atoms with Crippen molar-refractivity contribution < 1.29 is 9.21 Å². The van der Waals surface area contributed by atoms with E-state index in [1.807, 2.05) is 6.07 Å². The predicted octanol–water partition coefficient (Wildman–Crippen LogP) is 4.27. The molecule has 0 fully saturated rings. The minimum Gasteiger partial charge on any atom is -0.469 e. The Morgan fingerprint density at radius 1 is 1.33 bits per heavy atom. The van der Waals surface area contributed by atoms with E-state index in [1.165, 1.54) is 0 Å². The molecule has 3 nitrogen and oxygen atoms in total. The molecule has 0 aliphatic heterocycles. The van der Waals surface area contributed by atoms with Gasteiger partial charge < -0.3 is 9.73 Å². The van der Waals surface area contributed by atoms with E-state index in [9.17, 15) is 4.79 Å². The minimum atomic E-state index is -0.0747. The summed E-state index contributed by atoms with van der Waals surface area (Å²) >= 11 is 9.28. The number of aryl methyl sites for hydroxylation is 1. The summed E-state index contributed by atoms with van der Waals surface area (Å²) < 4.78 is 5.86. The standard InChI is InChI=1S/C13H11BrClNO2/c14-13-10(15)4-1-5-11(13)16-12(17)7-6-9-3-2-8-18-9/h1-5,8H,6-7H2,(H,16,17). The van der Waals surface area contributed by atoms with Gasteiger partial charge in [-0.25, -0.2) is 0 Å². The van der Waals surface area contributed by atoms with Gasteiger partial charge in [0.1, 0.15) is 5.76 Å². The van der Waals surface area contributed by atoms with Crippen molar-refractivity contribution in [1.29, 1.82) is 0 Å². The molecule has 1 N–H and O–H groups in total. The summed E-state index contributed by atoms with van der Waals surface area (Å²) in [5.74, 6) is 0.727. The molecule has 94 valence electrons. The van der Waals surface area contributed by atoms with Crippen molar-refractivity contribution in [2.24, 2.45) is 0 Å². The molecule has 0 saturated heterocycles. The molecule has 1 aromatic heterocycles. The Labute approximate surface area is 118 Å². The molecule has 18 heavy (non-hydrogen) atoms. The summed E-state index contributed by atoms with van der Waals surface area (Å²) in [6.45, 7) is 0. The number of benzene rings is 1. The molecule has 0 saturated carbocycles. The third-order valence-electron chi connectivity index (χ3n) is 2.40. The summed E-state index contributed by atoms with van der Waals surface area (Å²) in [6.07, 6.45) is 2.55. The first kappa shape index (κ1) is 13.2. The second-order valence-corrected chi connectivity index (χ2v) is 4.93. The van der Waals surface area contributed by atoms with E-state index >= 15 is 0 Å². The lowest BCUT2D eigenvalue weighted by Crippen LogP contribution is -2.12. The molecule has 0 aliphatic carbocycles. The summed E-state index contributed by atoms with van der Waals surface area (Å²) in [4.78, 5) is 11.8. The van der Waals surface area contributed by atoms with Crippen LogP contribution in [0.5, 0.6) is 0 Å². The summed E-state index contributed by atoms with van der Waals surface area (Å²) in [5.41, 5.74) is 0.673. The second-order valence-electron chi connectivity index (χ2n) is 3.73. The fourth-order valence-electron chi connectivity index (χ4n) is 1.50. The lowest BCUT2D eigenvalue weighted by atomic mass is 10.2. The van der Waals surface area contributed by atoms with Crippen LogP contribution in [0.1, 0.15) is 12.2 Å². The molecule has 0 atom stereocenters. The molecule has 5 heteroatoms. The van der Waals surface area contributed by atoms with Gasteiger partial charge in [-0.15, -0.1) is 0 Å². The highest BCUT2D eigenvalue weighted by atomic mass is 79.9. The summed E-state index contributed by atoms with van der Waals surface area (Å²) in [5, 5.41) is 3.37. The third kappa shape index (κ3) is 3.37. The van der Waals surface area contributed by atoms with Gasteiger partial charge in [-0.1, -0.05) is 17.7 Å². The van der Waals surface area contributed by atoms with Crippen molar-refractivity contribution >= 4 is 39.1 Å². The Kier molecular flexibility index (Phi) is 4.44. The van der Waals surface area contributed by atoms with E-state index < -0.39 is 0 Å². The largest absolute Gasteiger partial charge is 0.469 e. The van der Waals surface area contributed by atoms with Crippen LogP contribution in [-0.4, -0.2) is 5.91 Å². The number of carbonyl (C=O) groups is 1. The van der Waals surface area contributed by atoms with E-state index in [0.29, 0.717) is 28.0 Å². The van der Waals surface area contributed by atoms with Crippen LogP contribution in [-0.2, 0) is 11.2 Å². The van der Waals surface area contributed by atoms with Crippen LogP contribution in [0, 0.1) is 0 Å². The fourth-order valence-corrected chi connectivity index (χ4v) is 2.04. The third-order valence-corrected chi connectivity index (χ3v) is 3.80. The predicted molar refractivity (Wildman–Crippen MR) is 74.8 cm³/mol. The van der Waals surface area contributed by atoms with Crippen molar-refractivity contribution in [3.8, 4) is 0 Å². The van der Waals surface area contributed by atoms with Crippen LogP contribution in [0.15, 0.2) is 45.5 Å². The Morgan fingerprint density at radius 2 is 2.17 bits per heavy atom. The Morgan fingerprint density at radius 3 is 2.89 bits per heavy atom. The van der Waals surface area contributed by atoms with E-state index in [0.717, 1.165) is 5.76 Å². The number of hydrogen-bond donors (Lipinski definition) is 1. The SMILES string of the molecule is O=C(CCc1ccco1)Nc1cccc(Cl)c1Br. The number of anilines is 1. The van der Waals surface area contributed by atoms with Gasteiger partial charge in [-0.2, -0.15) is 0 Å². The average molecular weight is 329 g/mol. The van der Waals surface area contributed by atoms with Gasteiger partial charge in [0.25, 0.3) is 0 Å². The highest BCUT2D eigenvalue weighted by molar-refractivity contribution is 9.10. The Balaban J connectivity index is 1.93. The zero-order valence-electron chi connectivity index (χ0n) is 9.45. The van der Waals surface area contributed by atoms with Crippen molar-refractivity contribution in [2.75, 3.05) is 5.32 Å². The Bertz CT molecular complexity index is 540. The van der Waals surface area contributed by atoms with Crippen LogP contribution in [0.25, 0.3) is 0 Å². The molecular weight excluding hydrogens is 318 g/mol. The summed E-state index contributed by atoms with van der Waals surface area (Å²) in [7, 11) is 0. The maximum Gasteiger partial charge on any atom is 0.224 e. The molecular formula is C13H11BrClNO2. The molecule has 2 aromatic rings. The van der Waals surface area contributed by atoms with Crippen molar-refractivity contribution in [3.63, 3.8) is 0 Å². The lowest BCUT2D eigenvalue weighted by molar-refractivity contribution is -0.116. The maximum absolute atomic E-state index is 11.8.